The van der Waals surface area contributed by atoms with Crippen LogP contribution in [0, 0.1) is 0 Å². The average Bonchev–Trinajstić information content (AvgIpc) is 2.14. The zero-order valence-corrected chi connectivity index (χ0v) is 9.20. The van der Waals surface area contributed by atoms with Gasteiger partial charge in [-0.25, -0.2) is 4.57 Å². The minimum Gasteiger partial charge on any atom is -0.388 e. The molecule has 2 atom stereocenters. The van der Waals surface area contributed by atoms with Crippen LogP contribution in [-0.4, -0.2) is 59.3 Å². The van der Waals surface area contributed by atoms with Gasteiger partial charge in [0.1, 0.15) is 12.2 Å². The maximum atomic E-state index is 10.3. The summed E-state index contributed by atoms with van der Waals surface area (Å²) in [5.74, 6) is 0. The van der Waals surface area contributed by atoms with E-state index in [1.165, 1.54) is 14.2 Å². The molecule has 15 heavy (non-hydrogen) atoms. The van der Waals surface area contributed by atoms with Gasteiger partial charge in [0, 0.05) is 14.2 Å². The van der Waals surface area contributed by atoms with Gasteiger partial charge >= 0.3 is 7.82 Å². The minimum absolute atomic E-state index is 0.728. The van der Waals surface area contributed by atoms with E-state index in [1.54, 1.807) is 0 Å². The number of hydrogen-bond donors (Lipinski definition) is 4. The molecule has 0 spiro atoms. The normalized spacial score (nSPS) is 16.7. The van der Waals surface area contributed by atoms with Crippen molar-refractivity contribution in [1.82, 2.24) is 0 Å². The van der Waals surface area contributed by atoms with E-state index in [2.05, 4.69) is 14.0 Å². The summed E-state index contributed by atoms with van der Waals surface area (Å²) in [7, 11) is -2.17. The second-order valence-electron chi connectivity index (χ2n) is 2.68. The zero-order chi connectivity index (χ0) is 12.1. The number of ether oxygens (including phenoxy) is 2. The van der Waals surface area contributed by atoms with Crippen molar-refractivity contribution < 1.29 is 38.6 Å². The van der Waals surface area contributed by atoms with E-state index in [1.807, 2.05) is 0 Å². The molecule has 0 bridgehead atoms. The first kappa shape index (κ1) is 14.9. The predicted molar refractivity (Wildman–Crippen MR) is 47.8 cm³/mol. The molecule has 0 amide bonds. The highest BCUT2D eigenvalue weighted by Gasteiger charge is 2.28. The van der Waals surface area contributed by atoms with Gasteiger partial charge in [-0.05, 0) is 0 Å². The molecule has 0 aromatic heterocycles. The summed E-state index contributed by atoms with van der Waals surface area (Å²) >= 11 is 0. The van der Waals surface area contributed by atoms with E-state index in [4.69, 9.17) is 9.79 Å². The Balaban J connectivity index is 4.08. The SMILES string of the molecule is COC(OC)[C@@H](O)[C@H](O)COP(=O)(O)O. The van der Waals surface area contributed by atoms with E-state index >= 15 is 0 Å². The fourth-order valence-corrected chi connectivity index (χ4v) is 1.18. The van der Waals surface area contributed by atoms with Gasteiger partial charge in [-0.1, -0.05) is 0 Å². The van der Waals surface area contributed by atoms with Gasteiger partial charge in [0.2, 0.25) is 0 Å². The Morgan fingerprint density at radius 3 is 2.00 bits per heavy atom. The van der Waals surface area contributed by atoms with Crippen LogP contribution in [0.3, 0.4) is 0 Å². The minimum atomic E-state index is -4.66. The van der Waals surface area contributed by atoms with Gasteiger partial charge in [0.25, 0.3) is 0 Å². The number of phosphoric ester groups is 1. The molecule has 92 valence electrons. The fourth-order valence-electron chi connectivity index (χ4n) is 0.829. The number of methoxy groups -OCH3 is 2. The third kappa shape index (κ3) is 6.18. The van der Waals surface area contributed by atoms with Crippen LogP contribution < -0.4 is 0 Å². The molecule has 8 nitrogen and oxygen atoms in total. The quantitative estimate of drug-likeness (QED) is 0.314. The summed E-state index contributed by atoms with van der Waals surface area (Å²) in [6.45, 7) is -0.728. The molecule has 0 aromatic rings. The highest BCUT2D eigenvalue weighted by molar-refractivity contribution is 7.46. The lowest BCUT2D eigenvalue weighted by molar-refractivity contribution is -0.194. The molecule has 0 aromatic carbocycles. The molecule has 0 aliphatic heterocycles. The largest absolute Gasteiger partial charge is 0.469 e. The van der Waals surface area contributed by atoms with Crippen LogP contribution in [0.5, 0.6) is 0 Å². The Morgan fingerprint density at radius 2 is 1.67 bits per heavy atom. The first-order valence-corrected chi connectivity index (χ1v) is 5.46. The number of aliphatic hydroxyl groups is 2. The highest BCUT2D eigenvalue weighted by Crippen LogP contribution is 2.35. The van der Waals surface area contributed by atoms with Crippen LogP contribution in [0.1, 0.15) is 0 Å². The fraction of sp³-hybridized carbons (Fsp3) is 1.00. The van der Waals surface area contributed by atoms with E-state index in [0.717, 1.165) is 0 Å². The monoisotopic (exact) mass is 246 g/mol. The van der Waals surface area contributed by atoms with Crippen molar-refractivity contribution in [2.24, 2.45) is 0 Å². The predicted octanol–water partition coefficient (Wildman–Crippen LogP) is -1.56. The first-order chi connectivity index (χ1) is 6.81. The summed E-state index contributed by atoms with van der Waals surface area (Å²) in [6.07, 6.45) is -4.09. The van der Waals surface area contributed by atoms with Crippen LogP contribution >= 0.6 is 7.82 Å². The topological polar surface area (TPSA) is 126 Å². The highest BCUT2D eigenvalue weighted by atomic mass is 31.2. The first-order valence-electron chi connectivity index (χ1n) is 3.93. The molecule has 0 fully saturated rings. The van der Waals surface area contributed by atoms with Crippen molar-refractivity contribution in [1.29, 1.82) is 0 Å². The number of rotatable bonds is 7. The molecular weight excluding hydrogens is 231 g/mol. The van der Waals surface area contributed by atoms with E-state index in [-0.39, 0.29) is 0 Å². The lowest BCUT2D eigenvalue weighted by Crippen LogP contribution is -2.41. The van der Waals surface area contributed by atoms with Crippen LogP contribution in [0.15, 0.2) is 0 Å². The van der Waals surface area contributed by atoms with Gasteiger partial charge in [-0.15, -0.1) is 0 Å². The third-order valence-corrected chi connectivity index (χ3v) is 2.04. The molecule has 0 aliphatic rings. The van der Waals surface area contributed by atoms with E-state index in [9.17, 15) is 14.8 Å². The molecule has 0 radical (unpaired) electrons. The van der Waals surface area contributed by atoms with Gasteiger partial charge < -0.3 is 29.5 Å². The Bertz CT molecular complexity index is 211. The van der Waals surface area contributed by atoms with E-state index in [0.29, 0.717) is 0 Å². The maximum Gasteiger partial charge on any atom is 0.469 e. The lowest BCUT2D eigenvalue weighted by atomic mass is 10.2. The van der Waals surface area contributed by atoms with Crippen molar-refractivity contribution in [3.8, 4) is 0 Å². The Labute approximate surface area is 86.6 Å². The van der Waals surface area contributed by atoms with Gasteiger partial charge in [0.15, 0.2) is 6.29 Å². The standard InChI is InChI=1S/C6H15O8P/c1-12-6(13-2)5(8)4(7)3-14-15(9,10)11/h4-8H,3H2,1-2H3,(H2,9,10,11)/t4-,5+/m1/s1. The number of hydrogen-bond acceptors (Lipinski definition) is 6. The Hall–Kier alpha value is -0.0500. The summed E-state index contributed by atoms with van der Waals surface area (Å²) in [6, 6.07) is 0. The third-order valence-electron chi connectivity index (χ3n) is 1.55. The van der Waals surface area contributed by atoms with Crippen LogP contribution in [-0.2, 0) is 18.6 Å². The molecule has 0 saturated heterocycles. The molecule has 0 aliphatic carbocycles. The summed E-state index contributed by atoms with van der Waals surface area (Å²) in [5.41, 5.74) is 0. The molecule has 9 heteroatoms. The van der Waals surface area contributed by atoms with Crippen LogP contribution in [0.2, 0.25) is 0 Å². The van der Waals surface area contributed by atoms with Crippen molar-refractivity contribution in [3.63, 3.8) is 0 Å². The van der Waals surface area contributed by atoms with Crippen LogP contribution in [0.25, 0.3) is 0 Å². The second kappa shape index (κ2) is 6.51. The van der Waals surface area contributed by atoms with Gasteiger partial charge in [0.05, 0.1) is 6.61 Å². The molecule has 0 heterocycles. The summed E-state index contributed by atoms with van der Waals surface area (Å²) in [4.78, 5) is 16.7. The average molecular weight is 246 g/mol. The lowest BCUT2D eigenvalue weighted by Gasteiger charge is -2.24. The van der Waals surface area contributed by atoms with Crippen molar-refractivity contribution in [2.75, 3.05) is 20.8 Å². The zero-order valence-electron chi connectivity index (χ0n) is 8.31. The Morgan fingerprint density at radius 1 is 1.20 bits per heavy atom. The molecule has 0 unspecified atom stereocenters. The van der Waals surface area contributed by atoms with Crippen molar-refractivity contribution >= 4 is 7.82 Å². The summed E-state index contributed by atoms with van der Waals surface area (Å²) in [5, 5.41) is 18.6. The summed E-state index contributed by atoms with van der Waals surface area (Å²) < 4.78 is 23.5. The number of aliphatic hydroxyl groups excluding tert-OH is 2. The van der Waals surface area contributed by atoms with Crippen molar-refractivity contribution in [3.05, 3.63) is 0 Å². The van der Waals surface area contributed by atoms with Crippen molar-refractivity contribution in [2.45, 2.75) is 18.5 Å². The van der Waals surface area contributed by atoms with E-state index < -0.39 is 32.9 Å². The Kier molecular flexibility index (Phi) is 6.49. The number of phosphoric acid groups is 1. The maximum absolute atomic E-state index is 10.3. The van der Waals surface area contributed by atoms with Gasteiger partial charge in [-0.2, -0.15) is 0 Å². The second-order valence-corrected chi connectivity index (χ2v) is 3.92. The molecule has 4 N–H and O–H groups in total. The van der Waals surface area contributed by atoms with Crippen LogP contribution in [0.4, 0.5) is 0 Å². The molecule has 0 rings (SSSR count). The smallest absolute Gasteiger partial charge is 0.388 e. The van der Waals surface area contributed by atoms with Gasteiger partial charge in [-0.3, -0.25) is 4.52 Å². The molecule has 0 saturated carbocycles. The molecular formula is C6H15O8P.